The van der Waals surface area contributed by atoms with Crippen LogP contribution in [0.15, 0.2) is 85.1 Å². The Kier molecular flexibility index (Phi) is 76.3. The first-order valence-corrected chi connectivity index (χ1v) is 42.2. The Balaban J connectivity index is 3.97. The smallest absolute Gasteiger partial charge is 0.306 e. The van der Waals surface area contributed by atoms with Crippen LogP contribution in [0.5, 0.6) is 0 Å². The summed E-state index contributed by atoms with van der Waals surface area (Å²) in [6.07, 6.45) is 106. The van der Waals surface area contributed by atoms with E-state index in [9.17, 15) is 19.5 Å². The number of aliphatic carboxylic acids is 1. The molecule has 0 fully saturated rings. The second-order valence-electron chi connectivity index (χ2n) is 29.8. The van der Waals surface area contributed by atoms with Crippen LogP contribution in [0, 0.1) is 0 Å². The van der Waals surface area contributed by atoms with E-state index in [1.165, 1.54) is 289 Å². The minimum absolute atomic E-state index is 0.147. The van der Waals surface area contributed by atoms with E-state index in [0.717, 1.165) is 83.5 Å². The molecule has 0 aromatic rings. The highest BCUT2D eigenvalue weighted by atomic mass is 16.7. The number of allylic oxidation sites excluding steroid dienone is 14. The molecular weight excluding hydrogens is 1210 g/mol. The van der Waals surface area contributed by atoms with Crippen molar-refractivity contribution >= 4 is 17.9 Å². The van der Waals surface area contributed by atoms with Gasteiger partial charge in [0.05, 0.1) is 40.3 Å². The van der Waals surface area contributed by atoms with Gasteiger partial charge in [0.25, 0.3) is 0 Å². The number of rotatable bonds is 79. The SMILES string of the molecule is CC/C=C\C/C=C\C/C=C\C/C=C\C/C=C\C/C=C\C/C=C\CCCCCCCCCCCCCCCC(=O)OC(COC(=O)CCCCCCCCCCCCCCCCCCCCCCCCCCCCCCCCCCCCCCCC)COC(OCC[N+](C)(C)C)C(=O)[O-]. The summed E-state index contributed by atoms with van der Waals surface area (Å²) in [6.45, 7) is 4.69. The molecular formula is C89H161NO8. The topological polar surface area (TPSA) is 111 Å². The first-order chi connectivity index (χ1) is 48.1. The summed E-state index contributed by atoms with van der Waals surface area (Å²) < 4.78 is 22.9. The largest absolute Gasteiger partial charge is 0.545 e. The zero-order chi connectivity index (χ0) is 71.1. The molecule has 98 heavy (non-hydrogen) atoms. The third-order valence-corrected chi connectivity index (χ3v) is 18.9. The Morgan fingerprint density at radius 2 is 0.582 bits per heavy atom. The van der Waals surface area contributed by atoms with Gasteiger partial charge in [-0.1, -0.05) is 407 Å². The van der Waals surface area contributed by atoms with Crippen LogP contribution >= 0.6 is 0 Å². The molecule has 0 spiro atoms. The number of nitrogens with zero attached hydrogens (tertiary/aromatic N) is 1. The molecule has 0 saturated carbocycles. The Hall–Kier alpha value is -3.53. The van der Waals surface area contributed by atoms with Crippen molar-refractivity contribution in [3.63, 3.8) is 0 Å². The predicted octanol–water partition coefficient (Wildman–Crippen LogP) is 26.0. The van der Waals surface area contributed by atoms with E-state index in [1.54, 1.807) is 0 Å². The van der Waals surface area contributed by atoms with Crippen molar-refractivity contribution in [1.82, 2.24) is 0 Å². The Labute approximate surface area is 608 Å². The molecule has 2 unspecified atom stereocenters. The molecule has 0 rings (SSSR count). The number of hydrogen-bond donors (Lipinski definition) is 0. The van der Waals surface area contributed by atoms with Crippen molar-refractivity contribution in [2.45, 2.75) is 418 Å². The summed E-state index contributed by atoms with van der Waals surface area (Å²) in [5, 5.41) is 11.9. The Bertz CT molecular complexity index is 1890. The second-order valence-corrected chi connectivity index (χ2v) is 29.8. The van der Waals surface area contributed by atoms with Crippen molar-refractivity contribution in [3.05, 3.63) is 85.1 Å². The van der Waals surface area contributed by atoms with E-state index in [0.29, 0.717) is 23.9 Å². The van der Waals surface area contributed by atoms with Gasteiger partial charge in [0.1, 0.15) is 13.2 Å². The zero-order valence-electron chi connectivity index (χ0n) is 65.4. The third kappa shape index (κ3) is 79.8. The lowest BCUT2D eigenvalue weighted by atomic mass is 10.0. The molecule has 0 aliphatic heterocycles. The standard InChI is InChI=1S/C89H161NO8/c1-6-8-10-12-14-16-18-20-22-24-26-28-30-32-34-36-38-40-42-43-44-46-47-49-51-53-55-57-59-61-63-65-67-69-71-73-75-77-79-86(91)96-83-85(84-97-89(88(93)94)95-82-81-90(3,4)5)98-87(92)80-78-76-74-72-70-68-66-64-62-60-58-56-54-52-50-48-45-41-39-37-35-33-31-29-27-25-23-21-19-17-15-13-11-9-7-2/h9,11,15,17,21,23,27,29,33,35,39,41,48,50,85,89H,6-8,10,12-14,16,18-20,22,24-26,28,30-32,34,36-38,40,42-47,49,51-84H2,1-5H3/b11-9-,17-15-,23-21-,29-27-,35-33-,41-39-,50-48-. The van der Waals surface area contributed by atoms with Crippen LogP contribution in [0.4, 0.5) is 0 Å². The minimum Gasteiger partial charge on any atom is -0.545 e. The molecule has 570 valence electrons. The summed E-state index contributed by atoms with van der Waals surface area (Å²) in [5.74, 6) is -2.26. The van der Waals surface area contributed by atoms with Crippen LogP contribution < -0.4 is 5.11 Å². The van der Waals surface area contributed by atoms with E-state index >= 15 is 0 Å². The summed E-state index contributed by atoms with van der Waals surface area (Å²) in [5.41, 5.74) is 0. The van der Waals surface area contributed by atoms with E-state index in [-0.39, 0.29) is 32.2 Å². The van der Waals surface area contributed by atoms with Gasteiger partial charge in [-0.3, -0.25) is 9.59 Å². The molecule has 9 heteroatoms. The quantitative estimate of drug-likeness (QED) is 0.0195. The summed E-state index contributed by atoms with van der Waals surface area (Å²) in [4.78, 5) is 37.6. The molecule has 0 aromatic carbocycles. The van der Waals surface area contributed by atoms with E-state index in [2.05, 4.69) is 98.9 Å². The van der Waals surface area contributed by atoms with Crippen LogP contribution in [0.25, 0.3) is 0 Å². The zero-order valence-corrected chi connectivity index (χ0v) is 65.4. The average Bonchev–Trinajstić information content (AvgIpc) is 1.34. The average molecular weight is 1370 g/mol. The fourth-order valence-corrected chi connectivity index (χ4v) is 12.5. The predicted molar refractivity (Wildman–Crippen MR) is 421 cm³/mol. The molecule has 0 radical (unpaired) electrons. The van der Waals surface area contributed by atoms with Gasteiger partial charge in [0.2, 0.25) is 0 Å². The molecule has 0 amide bonds. The molecule has 0 saturated heterocycles. The number of likely N-dealkylation sites (N-methyl/N-ethyl adjacent to an activating group) is 1. The van der Waals surface area contributed by atoms with Crippen molar-refractivity contribution < 1.29 is 42.9 Å². The molecule has 9 nitrogen and oxygen atoms in total. The number of carbonyl (C=O) groups is 3. The highest BCUT2D eigenvalue weighted by molar-refractivity contribution is 5.70. The number of carbonyl (C=O) groups excluding carboxylic acids is 3. The number of esters is 2. The second kappa shape index (κ2) is 79.2. The summed E-state index contributed by atoms with van der Waals surface area (Å²) in [6, 6.07) is 0. The fourth-order valence-electron chi connectivity index (χ4n) is 12.5. The van der Waals surface area contributed by atoms with Crippen molar-refractivity contribution in [1.29, 1.82) is 0 Å². The number of ether oxygens (including phenoxy) is 4. The Morgan fingerprint density at radius 1 is 0.316 bits per heavy atom. The third-order valence-electron chi connectivity index (χ3n) is 18.9. The molecule has 2 atom stereocenters. The van der Waals surface area contributed by atoms with Gasteiger partial charge in [0, 0.05) is 12.8 Å². The Morgan fingerprint density at radius 3 is 0.867 bits per heavy atom. The first kappa shape index (κ1) is 94.5. The molecule has 0 heterocycles. The highest BCUT2D eigenvalue weighted by Crippen LogP contribution is 2.20. The van der Waals surface area contributed by atoms with Gasteiger partial charge in [0.15, 0.2) is 12.4 Å². The number of hydrogen-bond acceptors (Lipinski definition) is 8. The van der Waals surface area contributed by atoms with E-state index < -0.39 is 24.3 Å². The molecule has 0 aliphatic rings. The highest BCUT2D eigenvalue weighted by Gasteiger charge is 2.22. The lowest BCUT2D eigenvalue weighted by Crippen LogP contribution is -2.44. The van der Waals surface area contributed by atoms with Gasteiger partial charge in [-0.15, -0.1) is 0 Å². The number of unbranched alkanes of at least 4 members (excludes halogenated alkanes) is 50. The summed E-state index contributed by atoms with van der Waals surface area (Å²) in [7, 11) is 5.95. The fraction of sp³-hybridized carbons (Fsp3) is 0.809. The van der Waals surface area contributed by atoms with Crippen molar-refractivity contribution in [3.8, 4) is 0 Å². The lowest BCUT2D eigenvalue weighted by molar-refractivity contribution is -0.870. The van der Waals surface area contributed by atoms with Crippen LogP contribution in [-0.2, 0) is 33.3 Å². The van der Waals surface area contributed by atoms with Crippen LogP contribution in [-0.4, -0.2) is 82.3 Å². The molecule has 0 N–H and O–H groups in total. The number of carboxylic acid groups (broad SMARTS) is 1. The molecule has 0 aromatic heterocycles. The van der Waals surface area contributed by atoms with Crippen molar-refractivity contribution in [2.24, 2.45) is 0 Å². The van der Waals surface area contributed by atoms with Gasteiger partial charge < -0.3 is 33.3 Å². The number of carboxylic acids is 1. The van der Waals surface area contributed by atoms with Gasteiger partial charge in [-0.2, -0.15) is 0 Å². The van der Waals surface area contributed by atoms with Crippen LogP contribution in [0.1, 0.15) is 406 Å². The maximum Gasteiger partial charge on any atom is 0.306 e. The van der Waals surface area contributed by atoms with E-state index in [4.69, 9.17) is 18.9 Å². The monoisotopic (exact) mass is 1370 g/mol. The van der Waals surface area contributed by atoms with Gasteiger partial charge >= 0.3 is 11.9 Å². The van der Waals surface area contributed by atoms with Gasteiger partial charge in [-0.05, 0) is 70.6 Å². The van der Waals surface area contributed by atoms with Crippen LogP contribution in [0.3, 0.4) is 0 Å². The summed E-state index contributed by atoms with van der Waals surface area (Å²) >= 11 is 0. The lowest BCUT2D eigenvalue weighted by Gasteiger charge is -2.26. The first-order valence-electron chi connectivity index (χ1n) is 42.2. The van der Waals surface area contributed by atoms with Crippen molar-refractivity contribution in [2.75, 3.05) is 47.5 Å². The number of quaternary nitrogens is 1. The molecule has 0 aliphatic carbocycles. The maximum atomic E-state index is 13.0. The normalized spacial score (nSPS) is 13.0. The molecule has 0 bridgehead atoms. The minimum atomic E-state index is -1.62. The van der Waals surface area contributed by atoms with E-state index in [1.807, 2.05) is 21.1 Å². The maximum absolute atomic E-state index is 13.0. The van der Waals surface area contributed by atoms with Gasteiger partial charge in [-0.25, -0.2) is 0 Å². The van der Waals surface area contributed by atoms with Crippen LogP contribution in [0.2, 0.25) is 0 Å².